The van der Waals surface area contributed by atoms with E-state index < -0.39 is 11.9 Å². The predicted octanol–water partition coefficient (Wildman–Crippen LogP) is 2.79. The molecule has 0 aliphatic heterocycles. The molecule has 7 nitrogen and oxygen atoms in total. The Morgan fingerprint density at radius 3 is 2.41 bits per heavy atom. The van der Waals surface area contributed by atoms with Crippen LogP contribution in [0.4, 0.5) is 5.69 Å². The van der Waals surface area contributed by atoms with Gasteiger partial charge in [0.15, 0.2) is 0 Å². The van der Waals surface area contributed by atoms with Gasteiger partial charge in [0.05, 0.1) is 23.8 Å². The second-order valence-corrected chi connectivity index (χ2v) is 6.44. The molecule has 2 N–H and O–H groups in total. The summed E-state index contributed by atoms with van der Waals surface area (Å²) in [7, 11) is 1.29. The Morgan fingerprint density at radius 1 is 1.00 bits per heavy atom. The highest BCUT2D eigenvalue weighted by atomic mass is 16.5. The van der Waals surface area contributed by atoms with Gasteiger partial charge in [-0.05, 0) is 37.1 Å². The molecule has 140 valence electrons. The van der Waals surface area contributed by atoms with Gasteiger partial charge in [0, 0.05) is 24.1 Å². The normalized spacial score (nSPS) is 13.8. The molecular formula is C20H21N3O4. The van der Waals surface area contributed by atoms with Crippen molar-refractivity contribution >= 4 is 23.5 Å². The number of esters is 1. The largest absolute Gasteiger partial charge is 0.465 e. The van der Waals surface area contributed by atoms with Gasteiger partial charge in [-0.1, -0.05) is 18.9 Å². The molecule has 0 radical (unpaired) electrons. The molecule has 0 spiro atoms. The fourth-order valence-electron chi connectivity index (χ4n) is 3.07. The number of ether oxygens (including phenoxy) is 1. The number of carbonyl (C=O) groups is 3. The Hall–Kier alpha value is -3.22. The minimum Gasteiger partial charge on any atom is -0.465 e. The van der Waals surface area contributed by atoms with Crippen LogP contribution in [0.25, 0.3) is 0 Å². The van der Waals surface area contributed by atoms with Crippen molar-refractivity contribution in [3.63, 3.8) is 0 Å². The Balaban J connectivity index is 1.70. The van der Waals surface area contributed by atoms with Crippen molar-refractivity contribution in [1.29, 1.82) is 0 Å². The van der Waals surface area contributed by atoms with Gasteiger partial charge in [-0.3, -0.25) is 14.6 Å². The molecule has 1 heterocycles. The van der Waals surface area contributed by atoms with Crippen molar-refractivity contribution in [2.75, 3.05) is 12.4 Å². The van der Waals surface area contributed by atoms with Gasteiger partial charge in [-0.25, -0.2) is 4.79 Å². The molecule has 3 rings (SSSR count). The quantitative estimate of drug-likeness (QED) is 0.792. The first-order valence-corrected chi connectivity index (χ1v) is 8.82. The Morgan fingerprint density at radius 2 is 1.70 bits per heavy atom. The Kier molecular flexibility index (Phi) is 5.80. The first-order chi connectivity index (χ1) is 13.1. The van der Waals surface area contributed by atoms with E-state index in [0.29, 0.717) is 16.8 Å². The number of pyridine rings is 1. The van der Waals surface area contributed by atoms with Crippen LogP contribution >= 0.6 is 0 Å². The lowest BCUT2D eigenvalue weighted by molar-refractivity contribution is 0.0600. The maximum atomic E-state index is 12.5. The number of nitrogens with one attached hydrogen (secondary N) is 2. The van der Waals surface area contributed by atoms with E-state index in [-0.39, 0.29) is 17.5 Å². The molecule has 1 fully saturated rings. The van der Waals surface area contributed by atoms with Crippen LogP contribution in [0.1, 0.15) is 56.8 Å². The summed E-state index contributed by atoms with van der Waals surface area (Å²) in [5.74, 6) is -1.13. The van der Waals surface area contributed by atoms with Gasteiger partial charge in [0.25, 0.3) is 11.8 Å². The van der Waals surface area contributed by atoms with Gasteiger partial charge < -0.3 is 15.4 Å². The predicted molar refractivity (Wildman–Crippen MR) is 99.7 cm³/mol. The highest BCUT2D eigenvalue weighted by molar-refractivity contribution is 6.06. The smallest absolute Gasteiger partial charge is 0.337 e. The van der Waals surface area contributed by atoms with E-state index in [1.165, 1.54) is 31.6 Å². The van der Waals surface area contributed by atoms with Gasteiger partial charge in [0.1, 0.15) is 0 Å². The number of nitrogens with zero attached hydrogens (tertiary/aromatic N) is 1. The van der Waals surface area contributed by atoms with Crippen LogP contribution in [0, 0.1) is 0 Å². The minimum atomic E-state index is -0.488. The zero-order valence-corrected chi connectivity index (χ0v) is 15.0. The summed E-state index contributed by atoms with van der Waals surface area (Å²) >= 11 is 0. The van der Waals surface area contributed by atoms with E-state index in [1.807, 2.05) is 0 Å². The fourth-order valence-corrected chi connectivity index (χ4v) is 3.07. The van der Waals surface area contributed by atoms with Crippen LogP contribution in [0.5, 0.6) is 0 Å². The number of hydrogen-bond acceptors (Lipinski definition) is 5. The summed E-state index contributed by atoms with van der Waals surface area (Å²) < 4.78 is 4.67. The summed E-state index contributed by atoms with van der Waals surface area (Å²) in [5, 5.41) is 5.67. The highest BCUT2D eigenvalue weighted by Gasteiger charge is 2.19. The lowest BCUT2D eigenvalue weighted by Gasteiger charge is -2.12. The number of aromatic nitrogens is 1. The van der Waals surface area contributed by atoms with Crippen molar-refractivity contribution in [2.45, 2.75) is 31.7 Å². The number of anilines is 1. The lowest BCUT2D eigenvalue weighted by atomic mass is 10.1. The van der Waals surface area contributed by atoms with Gasteiger partial charge in [-0.2, -0.15) is 0 Å². The SMILES string of the molecule is COC(=O)c1cccc(NC(=O)c2cncc(C(=O)NC3CCCC3)c2)c1. The van der Waals surface area contributed by atoms with E-state index in [1.54, 1.807) is 18.2 Å². The molecule has 0 bridgehead atoms. The maximum absolute atomic E-state index is 12.5. The number of benzene rings is 1. The lowest BCUT2D eigenvalue weighted by Crippen LogP contribution is -2.32. The van der Waals surface area contributed by atoms with Crippen molar-refractivity contribution in [2.24, 2.45) is 0 Å². The van der Waals surface area contributed by atoms with E-state index >= 15 is 0 Å². The first kappa shape index (κ1) is 18.6. The summed E-state index contributed by atoms with van der Waals surface area (Å²) in [6.45, 7) is 0. The highest BCUT2D eigenvalue weighted by Crippen LogP contribution is 2.18. The van der Waals surface area contributed by atoms with E-state index in [0.717, 1.165) is 25.7 Å². The van der Waals surface area contributed by atoms with Crippen molar-refractivity contribution in [3.8, 4) is 0 Å². The van der Waals surface area contributed by atoms with Gasteiger partial charge in [-0.15, -0.1) is 0 Å². The topological polar surface area (TPSA) is 97.4 Å². The molecular weight excluding hydrogens is 346 g/mol. The molecule has 0 unspecified atom stereocenters. The molecule has 7 heteroatoms. The van der Waals surface area contributed by atoms with Crippen LogP contribution in [0.3, 0.4) is 0 Å². The molecule has 2 aromatic rings. The minimum absolute atomic E-state index is 0.191. The summed E-state index contributed by atoms with van der Waals surface area (Å²) in [4.78, 5) is 40.4. The number of rotatable bonds is 5. The molecule has 2 amide bonds. The summed E-state index contributed by atoms with van der Waals surface area (Å²) in [6, 6.07) is 8.12. The molecule has 1 aromatic heterocycles. The second kappa shape index (κ2) is 8.44. The van der Waals surface area contributed by atoms with E-state index in [4.69, 9.17) is 0 Å². The average Bonchev–Trinajstić information content (AvgIpc) is 3.20. The Bertz CT molecular complexity index is 860. The fraction of sp³-hybridized carbons (Fsp3) is 0.300. The molecule has 0 saturated heterocycles. The van der Waals surface area contributed by atoms with Crippen LogP contribution < -0.4 is 10.6 Å². The zero-order valence-electron chi connectivity index (χ0n) is 15.0. The maximum Gasteiger partial charge on any atom is 0.337 e. The number of amides is 2. The molecule has 1 aliphatic carbocycles. The van der Waals surface area contributed by atoms with Gasteiger partial charge >= 0.3 is 5.97 Å². The molecule has 0 atom stereocenters. The van der Waals surface area contributed by atoms with Crippen molar-refractivity contribution in [3.05, 3.63) is 59.4 Å². The van der Waals surface area contributed by atoms with E-state index in [2.05, 4.69) is 20.4 Å². The van der Waals surface area contributed by atoms with Crippen molar-refractivity contribution < 1.29 is 19.1 Å². The van der Waals surface area contributed by atoms with E-state index in [9.17, 15) is 14.4 Å². The van der Waals surface area contributed by atoms with Crippen molar-refractivity contribution in [1.82, 2.24) is 10.3 Å². The number of hydrogen-bond donors (Lipinski definition) is 2. The Labute approximate surface area is 157 Å². The summed E-state index contributed by atoms with van der Waals surface area (Å²) in [5.41, 5.74) is 1.39. The third-order valence-electron chi connectivity index (χ3n) is 4.49. The van der Waals surface area contributed by atoms with Crippen LogP contribution in [-0.4, -0.2) is 35.9 Å². The number of methoxy groups -OCH3 is 1. The van der Waals surface area contributed by atoms with Crippen LogP contribution in [0.15, 0.2) is 42.7 Å². The van der Waals surface area contributed by atoms with Crippen LogP contribution in [0.2, 0.25) is 0 Å². The third-order valence-corrected chi connectivity index (χ3v) is 4.49. The molecule has 1 aromatic carbocycles. The average molecular weight is 367 g/mol. The van der Waals surface area contributed by atoms with Gasteiger partial charge in [0.2, 0.25) is 0 Å². The molecule has 1 aliphatic rings. The summed E-state index contributed by atoms with van der Waals surface area (Å²) in [6.07, 6.45) is 7.04. The standard InChI is InChI=1S/C20H21N3O4/c1-27-20(26)13-5-4-8-17(10-13)23-19(25)15-9-14(11-21-12-15)18(24)22-16-6-2-3-7-16/h4-5,8-12,16H,2-3,6-7H2,1H3,(H,22,24)(H,23,25). The second-order valence-electron chi connectivity index (χ2n) is 6.44. The first-order valence-electron chi connectivity index (χ1n) is 8.82. The zero-order chi connectivity index (χ0) is 19.2. The molecule has 1 saturated carbocycles. The molecule has 27 heavy (non-hydrogen) atoms. The van der Waals surface area contributed by atoms with Crippen LogP contribution in [-0.2, 0) is 4.74 Å². The monoisotopic (exact) mass is 367 g/mol. The number of carbonyl (C=O) groups excluding carboxylic acids is 3. The third kappa shape index (κ3) is 4.69.